The number of rotatable bonds is 5. The fourth-order valence-electron chi connectivity index (χ4n) is 1.10. The molecule has 0 fully saturated rings. The van der Waals surface area contributed by atoms with Gasteiger partial charge in [0.2, 0.25) is 10.1 Å². The molecule has 0 saturated carbocycles. The molecule has 1 aromatic rings. The third-order valence-electron chi connectivity index (χ3n) is 1.98. The molecule has 1 heterocycles. The van der Waals surface area contributed by atoms with Crippen molar-refractivity contribution in [3.63, 3.8) is 0 Å². The molecule has 1 rings (SSSR count). The summed E-state index contributed by atoms with van der Waals surface area (Å²) in [5.74, 6) is 0. The summed E-state index contributed by atoms with van der Waals surface area (Å²) in [6.07, 6.45) is -4.41. The molecule has 0 bridgehead atoms. The molecule has 0 aliphatic carbocycles. The van der Waals surface area contributed by atoms with Crippen LogP contribution in [-0.4, -0.2) is 36.4 Å². The van der Waals surface area contributed by atoms with Crippen LogP contribution in [0.3, 0.4) is 0 Å². The summed E-state index contributed by atoms with van der Waals surface area (Å²) < 4.78 is 36.9. The third kappa shape index (κ3) is 4.47. The minimum absolute atomic E-state index is 0.280. The Morgan fingerprint density at radius 2 is 2.00 bits per heavy atom. The predicted octanol–water partition coefficient (Wildman–Crippen LogP) is 1.99. The van der Waals surface area contributed by atoms with E-state index in [2.05, 4.69) is 15.5 Å². The first-order chi connectivity index (χ1) is 7.80. The maximum Gasteiger partial charge on any atom is 0.445 e. The zero-order valence-corrected chi connectivity index (χ0v) is 10.7. The quantitative estimate of drug-likeness (QED) is 0.886. The Balaban J connectivity index is 2.52. The second kappa shape index (κ2) is 5.63. The van der Waals surface area contributed by atoms with E-state index >= 15 is 0 Å². The van der Waals surface area contributed by atoms with Crippen molar-refractivity contribution in [1.29, 1.82) is 0 Å². The number of aromatic nitrogens is 2. The number of alkyl halides is 3. The van der Waals surface area contributed by atoms with Gasteiger partial charge in [0.1, 0.15) is 0 Å². The Morgan fingerprint density at radius 3 is 2.47 bits per heavy atom. The number of anilines is 1. The lowest BCUT2D eigenvalue weighted by Gasteiger charge is -2.16. The largest absolute Gasteiger partial charge is 0.445 e. The summed E-state index contributed by atoms with van der Waals surface area (Å²) in [6, 6.07) is 0.351. The van der Waals surface area contributed by atoms with Gasteiger partial charge < -0.3 is 10.2 Å². The Morgan fingerprint density at radius 1 is 1.35 bits per heavy atom. The van der Waals surface area contributed by atoms with Crippen molar-refractivity contribution in [3.8, 4) is 0 Å². The van der Waals surface area contributed by atoms with Gasteiger partial charge in [-0.2, -0.15) is 13.2 Å². The van der Waals surface area contributed by atoms with Crippen LogP contribution in [0.5, 0.6) is 0 Å². The molecule has 1 N–H and O–H groups in total. The van der Waals surface area contributed by atoms with E-state index in [-0.39, 0.29) is 5.13 Å². The molecular weight excluding hydrogens is 253 g/mol. The molecule has 0 aliphatic rings. The van der Waals surface area contributed by atoms with Crippen LogP contribution < -0.4 is 10.2 Å². The van der Waals surface area contributed by atoms with E-state index in [4.69, 9.17) is 0 Å². The van der Waals surface area contributed by atoms with Crippen molar-refractivity contribution in [2.24, 2.45) is 0 Å². The van der Waals surface area contributed by atoms with Gasteiger partial charge >= 0.3 is 6.18 Å². The van der Waals surface area contributed by atoms with Crippen LogP contribution in [0.4, 0.5) is 18.3 Å². The normalized spacial score (nSPS) is 12.2. The standard InChI is InChI=1S/C9H15F3N4S/c1-6(2)13-4-5-16(3)8-15-14-7(17-8)9(10,11)12/h6,13H,4-5H2,1-3H3. The molecule has 0 unspecified atom stereocenters. The maximum absolute atomic E-state index is 12.3. The highest BCUT2D eigenvalue weighted by Crippen LogP contribution is 2.33. The minimum atomic E-state index is -4.41. The molecule has 0 aliphatic heterocycles. The third-order valence-corrected chi connectivity index (χ3v) is 3.07. The molecule has 0 saturated heterocycles. The van der Waals surface area contributed by atoms with Gasteiger partial charge in [-0.1, -0.05) is 25.2 Å². The van der Waals surface area contributed by atoms with Gasteiger partial charge in [-0.25, -0.2) is 0 Å². The van der Waals surface area contributed by atoms with Gasteiger partial charge in [-0.15, -0.1) is 10.2 Å². The van der Waals surface area contributed by atoms with Gasteiger partial charge in [0.05, 0.1) is 0 Å². The average molecular weight is 268 g/mol. The molecule has 0 aromatic carbocycles. The van der Waals surface area contributed by atoms with E-state index in [9.17, 15) is 13.2 Å². The van der Waals surface area contributed by atoms with Crippen LogP contribution in [-0.2, 0) is 6.18 Å². The van der Waals surface area contributed by atoms with Crippen LogP contribution in [0.2, 0.25) is 0 Å². The Labute approximate surface area is 102 Å². The summed E-state index contributed by atoms with van der Waals surface area (Å²) in [4.78, 5) is 1.66. The summed E-state index contributed by atoms with van der Waals surface area (Å²) in [5, 5.41) is 9.21. The van der Waals surface area contributed by atoms with Crippen molar-refractivity contribution in [2.75, 3.05) is 25.0 Å². The SMILES string of the molecule is CC(C)NCCN(C)c1nnc(C(F)(F)F)s1. The lowest BCUT2D eigenvalue weighted by Crippen LogP contribution is -2.32. The van der Waals surface area contributed by atoms with E-state index in [1.54, 1.807) is 11.9 Å². The van der Waals surface area contributed by atoms with E-state index in [0.717, 1.165) is 0 Å². The molecule has 4 nitrogen and oxygen atoms in total. The molecule has 0 amide bonds. The lowest BCUT2D eigenvalue weighted by atomic mass is 10.4. The minimum Gasteiger partial charge on any atom is -0.348 e. The molecule has 8 heteroatoms. The zero-order valence-electron chi connectivity index (χ0n) is 9.88. The van der Waals surface area contributed by atoms with Gasteiger partial charge in [0.25, 0.3) is 0 Å². The van der Waals surface area contributed by atoms with Crippen molar-refractivity contribution >= 4 is 16.5 Å². The Kier molecular flexibility index (Phi) is 4.70. The van der Waals surface area contributed by atoms with E-state index in [1.807, 2.05) is 13.8 Å². The van der Waals surface area contributed by atoms with E-state index in [1.165, 1.54) is 0 Å². The van der Waals surface area contributed by atoms with E-state index in [0.29, 0.717) is 30.5 Å². The highest BCUT2D eigenvalue weighted by atomic mass is 32.1. The van der Waals surface area contributed by atoms with Crippen LogP contribution >= 0.6 is 11.3 Å². The van der Waals surface area contributed by atoms with Crippen LogP contribution in [0.25, 0.3) is 0 Å². The second-order valence-electron chi connectivity index (χ2n) is 3.92. The van der Waals surface area contributed by atoms with Gasteiger partial charge in [-0.3, -0.25) is 0 Å². The van der Waals surface area contributed by atoms with Gasteiger partial charge in [-0.05, 0) is 0 Å². The monoisotopic (exact) mass is 268 g/mol. The summed E-state index contributed by atoms with van der Waals surface area (Å²) >= 11 is 0.558. The molecule has 1 aromatic heterocycles. The second-order valence-corrected chi connectivity index (χ2v) is 4.87. The first-order valence-corrected chi connectivity index (χ1v) is 5.97. The van der Waals surface area contributed by atoms with Crippen LogP contribution in [0.1, 0.15) is 18.9 Å². The number of nitrogens with one attached hydrogen (secondary N) is 1. The smallest absolute Gasteiger partial charge is 0.348 e. The van der Waals surface area contributed by atoms with E-state index < -0.39 is 11.2 Å². The van der Waals surface area contributed by atoms with Crippen molar-refractivity contribution in [2.45, 2.75) is 26.1 Å². The zero-order chi connectivity index (χ0) is 13.1. The van der Waals surface area contributed by atoms with Gasteiger partial charge in [0.15, 0.2) is 0 Å². The topological polar surface area (TPSA) is 41.0 Å². The Bertz CT molecular complexity index is 350. The van der Waals surface area contributed by atoms with Crippen molar-refractivity contribution in [3.05, 3.63) is 5.01 Å². The molecule has 0 spiro atoms. The first kappa shape index (κ1) is 14.2. The number of hydrogen-bond acceptors (Lipinski definition) is 5. The number of likely N-dealkylation sites (N-methyl/N-ethyl adjacent to an activating group) is 1. The number of hydrogen-bond donors (Lipinski definition) is 1. The Hall–Kier alpha value is -0.890. The molecule has 0 atom stereocenters. The lowest BCUT2D eigenvalue weighted by molar-refractivity contribution is -0.138. The fourth-order valence-corrected chi connectivity index (χ4v) is 1.80. The number of nitrogens with zero attached hydrogens (tertiary/aromatic N) is 3. The summed E-state index contributed by atoms with van der Waals surface area (Å²) in [7, 11) is 1.70. The number of halogens is 3. The first-order valence-electron chi connectivity index (χ1n) is 5.16. The fraction of sp³-hybridized carbons (Fsp3) is 0.778. The summed E-state index contributed by atoms with van der Waals surface area (Å²) in [5.41, 5.74) is 0. The van der Waals surface area contributed by atoms with Crippen molar-refractivity contribution < 1.29 is 13.2 Å². The molecular formula is C9H15F3N4S. The summed E-state index contributed by atoms with van der Waals surface area (Å²) in [6.45, 7) is 5.29. The molecule has 17 heavy (non-hydrogen) atoms. The predicted molar refractivity (Wildman–Crippen MR) is 61.3 cm³/mol. The highest BCUT2D eigenvalue weighted by molar-refractivity contribution is 7.15. The van der Waals surface area contributed by atoms with Crippen LogP contribution in [0.15, 0.2) is 0 Å². The van der Waals surface area contributed by atoms with Gasteiger partial charge in [0, 0.05) is 26.2 Å². The maximum atomic E-state index is 12.3. The average Bonchev–Trinajstić information content (AvgIpc) is 2.64. The van der Waals surface area contributed by atoms with Crippen molar-refractivity contribution in [1.82, 2.24) is 15.5 Å². The molecule has 98 valence electrons. The van der Waals surface area contributed by atoms with Crippen LogP contribution in [0, 0.1) is 0 Å². The highest BCUT2D eigenvalue weighted by Gasteiger charge is 2.35. The molecule has 0 radical (unpaired) electrons.